The molecule has 0 unspecified atom stereocenters. The minimum Gasteiger partial charge on any atom is -0.387 e. The molecular formula is C27H27N7O2. The third kappa shape index (κ3) is 3.59. The van der Waals surface area contributed by atoms with E-state index in [0.29, 0.717) is 24.6 Å². The molecule has 1 amide bonds. The molecule has 6 rings (SSSR count). The van der Waals surface area contributed by atoms with Crippen molar-refractivity contribution in [1.82, 2.24) is 29.0 Å². The van der Waals surface area contributed by atoms with Gasteiger partial charge in [-0.15, -0.1) is 0 Å². The number of pyridine rings is 1. The molecule has 0 saturated carbocycles. The van der Waals surface area contributed by atoms with E-state index in [9.17, 15) is 9.90 Å². The third-order valence-electron chi connectivity index (χ3n) is 7.13. The maximum atomic E-state index is 11.9. The average Bonchev–Trinajstić information content (AvgIpc) is 3.50. The van der Waals surface area contributed by atoms with Gasteiger partial charge in [0, 0.05) is 48.2 Å². The van der Waals surface area contributed by atoms with Gasteiger partial charge in [-0.1, -0.05) is 36.4 Å². The van der Waals surface area contributed by atoms with Crippen molar-refractivity contribution in [3.05, 3.63) is 66.6 Å². The van der Waals surface area contributed by atoms with Gasteiger partial charge in [0.2, 0.25) is 5.91 Å². The molecule has 1 fully saturated rings. The van der Waals surface area contributed by atoms with Crippen molar-refractivity contribution in [3.8, 4) is 22.4 Å². The van der Waals surface area contributed by atoms with Gasteiger partial charge < -0.3 is 20.3 Å². The molecule has 9 nitrogen and oxygen atoms in total. The lowest BCUT2D eigenvalue weighted by Gasteiger charge is -2.32. The van der Waals surface area contributed by atoms with E-state index in [4.69, 9.17) is 10.7 Å². The van der Waals surface area contributed by atoms with Crippen LogP contribution >= 0.6 is 0 Å². The second kappa shape index (κ2) is 8.76. The van der Waals surface area contributed by atoms with Gasteiger partial charge in [0.15, 0.2) is 5.65 Å². The molecule has 0 radical (unpaired) electrons. The van der Waals surface area contributed by atoms with Crippen LogP contribution in [0.15, 0.2) is 61.1 Å². The maximum absolute atomic E-state index is 11.9. The fraction of sp³-hybridized carbons (Fsp3) is 0.259. The van der Waals surface area contributed by atoms with Gasteiger partial charge in [-0.05, 0) is 31.4 Å². The van der Waals surface area contributed by atoms with Crippen molar-refractivity contribution in [2.45, 2.75) is 25.8 Å². The summed E-state index contributed by atoms with van der Waals surface area (Å²) in [5.74, 6) is 0.334. The number of amides is 1. The normalized spacial score (nSPS) is 14.7. The summed E-state index contributed by atoms with van der Waals surface area (Å²) in [5, 5.41) is 14.6. The van der Waals surface area contributed by atoms with Gasteiger partial charge in [-0.2, -0.15) is 9.61 Å². The number of hydrogen-bond acceptors (Lipinski definition) is 6. The molecule has 3 N–H and O–H groups in total. The van der Waals surface area contributed by atoms with Gasteiger partial charge in [0.25, 0.3) is 0 Å². The molecule has 0 aliphatic carbocycles. The highest BCUT2D eigenvalue weighted by molar-refractivity contribution is 5.94. The summed E-state index contributed by atoms with van der Waals surface area (Å²) in [6.07, 6.45) is 7.31. The number of aryl methyl sites for hydroxylation is 1. The van der Waals surface area contributed by atoms with Crippen LogP contribution in [0.4, 0.5) is 5.82 Å². The molecule has 1 aliphatic heterocycles. The van der Waals surface area contributed by atoms with E-state index in [2.05, 4.69) is 20.8 Å². The van der Waals surface area contributed by atoms with E-state index < -0.39 is 6.61 Å². The fourth-order valence-electron chi connectivity index (χ4n) is 5.21. The molecule has 0 spiro atoms. The van der Waals surface area contributed by atoms with Gasteiger partial charge in [0.05, 0.1) is 17.3 Å². The summed E-state index contributed by atoms with van der Waals surface area (Å²) in [6.45, 7) is 2.80. The summed E-state index contributed by atoms with van der Waals surface area (Å²) in [5.41, 5.74) is 12.9. The second-order valence-corrected chi connectivity index (χ2v) is 9.28. The van der Waals surface area contributed by atoms with Gasteiger partial charge in [-0.25, -0.2) is 4.98 Å². The highest BCUT2D eigenvalue weighted by atomic mass is 16.3. The topological polar surface area (TPSA) is 115 Å². The smallest absolute Gasteiger partial charge is 0.248 e. The first-order valence-corrected chi connectivity index (χ1v) is 12.1. The molecule has 5 heterocycles. The maximum Gasteiger partial charge on any atom is 0.248 e. The molecular weight excluding hydrogens is 454 g/mol. The van der Waals surface area contributed by atoms with Crippen LogP contribution in [0.1, 0.15) is 24.4 Å². The number of anilines is 1. The van der Waals surface area contributed by atoms with E-state index in [-0.39, 0.29) is 11.9 Å². The number of aromatic nitrogens is 5. The zero-order valence-electron chi connectivity index (χ0n) is 20.0. The van der Waals surface area contributed by atoms with E-state index in [1.165, 1.54) is 0 Å². The van der Waals surface area contributed by atoms with Gasteiger partial charge in [0.1, 0.15) is 18.1 Å². The molecule has 182 valence electrons. The van der Waals surface area contributed by atoms with Gasteiger partial charge >= 0.3 is 0 Å². The largest absolute Gasteiger partial charge is 0.387 e. The molecule has 9 heteroatoms. The molecule has 1 aliphatic rings. The van der Waals surface area contributed by atoms with Crippen LogP contribution in [0.2, 0.25) is 0 Å². The Hall–Kier alpha value is -4.24. The number of aliphatic hydroxyl groups excluding tert-OH is 1. The number of nitrogens with two attached hydrogens (primary N) is 1. The lowest BCUT2D eigenvalue weighted by Crippen LogP contribution is -2.40. The standard InChI is InChI=1S/C27H27N7O2/c1-17-15-33(20-9-11-32(12-10-20)23(36)16-35)27-24(17)25(28)34-26(31-27)21(14-30-34)19-7-8-22(29-13-19)18-5-3-2-4-6-18/h2-8,13-15,20,35H,9-12,16,28H2,1H3. The monoisotopic (exact) mass is 481 g/mol. The molecule has 4 aromatic heterocycles. The van der Waals surface area contributed by atoms with Crippen LogP contribution in [0.3, 0.4) is 0 Å². The van der Waals surface area contributed by atoms with Crippen LogP contribution < -0.4 is 5.73 Å². The van der Waals surface area contributed by atoms with Crippen molar-refractivity contribution in [3.63, 3.8) is 0 Å². The number of likely N-dealkylation sites (tertiary alicyclic amines) is 1. The molecule has 36 heavy (non-hydrogen) atoms. The Labute approximate surface area is 207 Å². The molecule has 1 aromatic carbocycles. The van der Waals surface area contributed by atoms with Crippen LogP contribution in [0, 0.1) is 6.92 Å². The predicted octanol–water partition coefficient (Wildman–Crippen LogP) is 3.46. The molecule has 0 atom stereocenters. The van der Waals surface area contributed by atoms with E-state index in [1.54, 1.807) is 15.6 Å². The second-order valence-electron chi connectivity index (χ2n) is 9.28. The minimum absolute atomic E-state index is 0.191. The van der Waals surface area contributed by atoms with E-state index in [0.717, 1.165) is 51.8 Å². The number of aliphatic hydroxyl groups is 1. The Morgan fingerprint density at radius 3 is 2.53 bits per heavy atom. The lowest BCUT2D eigenvalue weighted by atomic mass is 10.0. The van der Waals surface area contributed by atoms with E-state index >= 15 is 0 Å². The number of piperidine rings is 1. The van der Waals surface area contributed by atoms with Crippen molar-refractivity contribution >= 4 is 28.4 Å². The first-order valence-electron chi connectivity index (χ1n) is 12.1. The molecule has 1 saturated heterocycles. The minimum atomic E-state index is -0.447. The van der Waals surface area contributed by atoms with Crippen LogP contribution in [0.5, 0.6) is 0 Å². The SMILES string of the molecule is Cc1cn(C2CCN(C(=O)CO)CC2)c2nc3c(-c4ccc(-c5ccccc5)nc4)cnn3c(N)c12. The number of hydrogen-bond donors (Lipinski definition) is 2. The van der Waals surface area contributed by atoms with Crippen LogP contribution in [0.25, 0.3) is 39.1 Å². The number of carbonyl (C=O) groups is 1. The Kier molecular flexibility index (Phi) is 5.41. The number of nitrogens with zero attached hydrogens (tertiary/aromatic N) is 6. The van der Waals surface area contributed by atoms with E-state index in [1.807, 2.05) is 55.6 Å². The number of carbonyl (C=O) groups excluding carboxylic acids is 1. The summed E-state index contributed by atoms with van der Waals surface area (Å²) in [4.78, 5) is 23.3. The van der Waals surface area contributed by atoms with Crippen molar-refractivity contribution in [2.24, 2.45) is 0 Å². The summed E-state index contributed by atoms with van der Waals surface area (Å²) in [7, 11) is 0. The average molecular weight is 482 g/mol. The molecule has 0 bridgehead atoms. The first-order chi connectivity index (χ1) is 17.5. The highest BCUT2D eigenvalue weighted by Crippen LogP contribution is 2.34. The highest BCUT2D eigenvalue weighted by Gasteiger charge is 2.26. The van der Waals surface area contributed by atoms with Gasteiger partial charge in [-0.3, -0.25) is 9.78 Å². The van der Waals surface area contributed by atoms with Crippen LogP contribution in [-0.4, -0.2) is 59.8 Å². The summed E-state index contributed by atoms with van der Waals surface area (Å²) >= 11 is 0. The quantitative estimate of drug-likeness (QED) is 0.406. The molecule has 5 aromatic rings. The Balaban J connectivity index is 1.39. The first kappa shape index (κ1) is 22.2. The van der Waals surface area contributed by atoms with Crippen LogP contribution in [-0.2, 0) is 4.79 Å². The lowest BCUT2D eigenvalue weighted by molar-refractivity contribution is -0.135. The third-order valence-corrected chi connectivity index (χ3v) is 7.13. The summed E-state index contributed by atoms with van der Waals surface area (Å²) in [6, 6.07) is 14.3. The Bertz CT molecular complexity index is 1560. The number of rotatable bonds is 4. The van der Waals surface area contributed by atoms with Crippen molar-refractivity contribution < 1.29 is 9.90 Å². The number of nitrogen functional groups attached to an aromatic ring is 1. The Morgan fingerprint density at radius 2 is 1.83 bits per heavy atom. The van der Waals surface area contributed by atoms with Crippen molar-refractivity contribution in [1.29, 1.82) is 0 Å². The zero-order chi connectivity index (χ0) is 24.8. The number of fused-ring (bicyclic) bond motifs is 2. The predicted molar refractivity (Wildman–Crippen MR) is 138 cm³/mol. The zero-order valence-corrected chi connectivity index (χ0v) is 20.0. The van der Waals surface area contributed by atoms with Crippen molar-refractivity contribution in [2.75, 3.05) is 25.4 Å². The number of benzene rings is 1. The Morgan fingerprint density at radius 1 is 1.06 bits per heavy atom. The fourth-order valence-corrected chi connectivity index (χ4v) is 5.21. The summed E-state index contributed by atoms with van der Waals surface area (Å²) < 4.78 is 3.89.